The third-order valence-electron chi connectivity index (χ3n) is 7.04. The SMILES string of the molecule is Cc1ccccc1C1Nc2c(C(=O)N3CCCCCC3)cccc2C2C=CCC21. The fraction of sp³-hybridized carbons (Fsp3) is 0.423. The van der Waals surface area contributed by atoms with Gasteiger partial charge >= 0.3 is 0 Å². The number of fused-ring (bicyclic) bond motifs is 3. The molecule has 0 aromatic heterocycles. The predicted molar refractivity (Wildman–Crippen MR) is 118 cm³/mol. The van der Waals surface area contributed by atoms with Crippen molar-refractivity contribution in [2.45, 2.75) is 51.0 Å². The Bertz CT molecular complexity index is 939. The van der Waals surface area contributed by atoms with Crippen LogP contribution in [0.2, 0.25) is 0 Å². The van der Waals surface area contributed by atoms with Gasteiger partial charge in [-0.3, -0.25) is 4.79 Å². The van der Waals surface area contributed by atoms with Crippen molar-refractivity contribution < 1.29 is 4.79 Å². The minimum atomic E-state index is 0.195. The summed E-state index contributed by atoms with van der Waals surface area (Å²) in [5.41, 5.74) is 5.86. The molecule has 2 aromatic rings. The van der Waals surface area contributed by atoms with Crippen molar-refractivity contribution in [2.24, 2.45) is 5.92 Å². The van der Waals surface area contributed by atoms with Crippen molar-refractivity contribution in [1.29, 1.82) is 0 Å². The molecule has 3 unspecified atom stereocenters. The van der Waals surface area contributed by atoms with Gasteiger partial charge in [0.05, 0.1) is 17.3 Å². The summed E-state index contributed by atoms with van der Waals surface area (Å²) in [6, 6.07) is 15.2. The van der Waals surface area contributed by atoms with Gasteiger partial charge in [0.15, 0.2) is 0 Å². The fourth-order valence-electron chi connectivity index (χ4n) is 5.49. The minimum Gasteiger partial charge on any atom is -0.377 e. The van der Waals surface area contributed by atoms with Crippen LogP contribution in [0.15, 0.2) is 54.6 Å². The number of nitrogens with zero attached hydrogens (tertiary/aromatic N) is 1. The quantitative estimate of drug-likeness (QED) is 0.658. The van der Waals surface area contributed by atoms with Gasteiger partial charge in [-0.05, 0) is 54.9 Å². The number of likely N-dealkylation sites (tertiary alicyclic amines) is 1. The highest BCUT2D eigenvalue weighted by molar-refractivity contribution is 6.00. The van der Waals surface area contributed by atoms with Gasteiger partial charge < -0.3 is 10.2 Å². The van der Waals surface area contributed by atoms with E-state index in [2.05, 4.69) is 65.7 Å². The third kappa shape index (κ3) is 3.27. The number of hydrogen-bond donors (Lipinski definition) is 1. The molecule has 29 heavy (non-hydrogen) atoms. The monoisotopic (exact) mass is 386 g/mol. The summed E-state index contributed by atoms with van der Waals surface area (Å²) >= 11 is 0. The highest BCUT2D eigenvalue weighted by atomic mass is 16.2. The van der Waals surface area contributed by atoms with Gasteiger partial charge in [-0.2, -0.15) is 0 Å². The molecule has 0 bridgehead atoms. The number of benzene rings is 2. The van der Waals surface area contributed by atoms with Crippen LogP contribution in [-0.4, -0.2) is 23.9 Å². The Morgan fingerprint density at radius 3 is 2.52 bits per heavy atom. The number of para-hydroxylation sites is 1. The lowest BCUT2D eigenvalue weighted by Crippen LogP contribution is -2.35. The number of amides is 1. The van der Waals surface area contributed by atoms with Crippen LogP contribution in [-0.2, 0) is 0 Å². The molecular formula is C26H30N2O. The van der Waals surface area contributed by atoms with Crippen LogP contribution in [0, 0.1) is 12.8 Å². The smallest absolute Gasteiger partial charge is 0.255 e. The first kappa shape index (κ1) is 18.5. The van der Waals surface area contributed by atoms with E-state index < -0.39 is 0 Å². The number of rotatable bonds is 2. The summed E-state index contributed by atoms with van der Waals surface area (Å²) < 4.78 is 0. The third-order valence-corrected chi connectivity index (χ3v) is 7.04. The van der Waals surface area contributed by atoms with Crippen LogP contribution in [0.3, 0.4) is 0 Å². The molecule has 2 aliphatic heterocycles. The minimum absolute atomic E-state index is 0.195. The van der Waals surface area contributed by atoms with Crippen LogP contribution >= 0.6 is 0 Å². The van der Waals surface area contributed by atoms with Crippen LogP contribution in [0.5, 0.6) is 0 Å². The summed E-state index contributed by atoms with van der Waals surface area (Å²) in [5, 5.41) is 3.84. The van der Waals surface area contributed by atoms with Crippen LogP contribution in [0.4, 0.5) is 5.69 Å². The summed E-state index contributed by atoms with van der Waals surface area (Å²) in [6.45, 7) is 3.96. The number of anilines is 1. The molecular weight excluding hydrogens is 356 g/mol. The maximum Gasteiger partial charge on any atom is 0.255 e. The Labute approximate surface area is 173 Å². The number of hydrogen-bond acceptors (Lipinski definition) is 2. The topological polar surface area (TPSA) is 32.3 Å². The van der Waals surface area contributed by atoms with E-state index in [-0.39, 0.29) is 11.9 Å². The summed E-state index contributed by atoms with van der Waals surface area (Å²) in [5.74, 6) is 1.08. The first-order valence-electron chi connectivity index (χ1n) is 11.1. The van der Waals surface area contributed by atoms with Crippen molar-refractivity contribution >= 4 is 11.6 Å². The summed E-state index contributed by atoms with van der Waals surface area (Å²) in [4.78, 5) is 15.6. The molecule has 1 amide bonds. The average molecular weight is 387 g/mol. The number of nitrogens with one attached hydrogen (secondary N) is 1. The molecule has 3 aliphatic rings. The van der Waals surface area contributed by atoms with E-state index in [1.165, 1.54) is 29.5 Å². The zero-order valence-electron chi connectivity index (χ0n) is 17.2. The van der Waals surface area contributed by atoms with E-state index in [0.717, 1.165) is 43.6 Å². The number of allylic oxidation sites excluding steroid dienone is 2. The zero-order chi connectivity index (χ0) is 19.8. The van der Waals surface area contributed by atoms with Crippen molar-refractivity contribution in [3.05, 3.63) is 76.9 Å². The largest absolute Gasteiger partial charge is 0.377 e. The first-order valence-corrected chi connectivity index (χ1v) is 11.1. The second kappa shape index (κ2) is 7.70. The highest BCUT2D eigenvalue weighted by Crippen LogP contribution is 2.51. The number of carbonyl (C=O) groups is 1. The molecule has 1 aliphatic carbocycles. The lowest BCUT2D eigenvalue weighted by molar-refractivity contribution is 0.0762. The van der Waals surface area contributed by atoms with Gasteiger partial charge in [0.2, 0.25) is 0 Å². The Kier molecular flexibility index (Phi) is 4.91. The molecule has 1 fully saturated rings. The number of carbonyl (C=O) groups excluding carboxylic acids is 1. The maximum absolute atomic E-state index is 13.5. The van der Waals surface area contributed by atoms with Crippen molar-refractivity contribution in [1.82, 2.24) is 4.90 Å². The van der Waals surface area contributed by atoms with Crippen molar-refractivity contribution in [3.63, 3.8) is 0 Å². The average Bonchev–Trinajstić information content (AvgIpc) is 3.08. The van der Waals surface area contributed by atoms with Crippen LogP contribution in [0.1, 0.15) is 71.1 Å². The lowest BCUT2D eigenvalue weighted by atomic mass is 9.75. The molecule has 2 heterocycles. The second-order valence-corrected chi connectivity index (χ2v) is 8.81. The molecule has 3 atom stereocenters. The Morgan fingerprint density at radius 2 is 1.72 bits per heavy atom. The van der Waals surface area contributed by atoms with E-state index in [0.29, 0.717) is 11.8 Å². The second-order valence-electron chi connectivity index (χ2n) is 8.81. The lowest BCUT2D eigenvalue weighted by Gasteiger charge is -2.39. The maximum atomic E-state index is 13.5. The van der Waals surface area contributed by atoms with E-state index in [9.17, 15) is 4.79 Å². The Hall–Kier alpha value is -2.55. The molecule has 1 N–H and O–H groups in total. The van der Waals surface area contributed by atoms with E-state index in [1.54, 1.807) is 0 Å². The molecule has 5 rings (SSSR count). The van der Waals surface area contributed by atoms with E-state index in [1.807, 2.05) is 6.07 Å². The first-order chi connectivity index (χ1) is 14.2. The molecule has 3 heteroatoms. The van der Waals surface area contributed by atoms with Gasteiger partial charge in [-0.15, -0.1) is 0 Å². The highest BCUT2D eigenvalue weighted by Gasteiger charge is 2.40. The zero-order valence-corrected chi connectivity index (χ0v) is 17.2. The van der Waals surface area contributed by atoms with Gasteiger partial charge in [0.1, 0.15) is 0 Å². The summed E-state index contributed by atoms with van der Waals surface area (Å²) in [6.07, 6.45) is 10.5. The van der Waals surface area contributed by atoms with Gasteiger partial charge in [0.25, 0.3) is 5.91 Å². The molecule has 0 spiro atoms. The van der Waals surface area contributed by atoms with Crippen molar-refractivity contribution in [3.8, 4) is 0 Å². The summed E-state index contributed by atoms with van der Waals surface area (Å²) in [7, 11) is 0. The van der Waals surface area contributed by atoms with E-state index in [4.69, 9.17) is 0 Å². The standard InChI is InChI=1S/C26H30N2O/c1-18-10-4-5-11-19(18)24-21-13-8-12-20(21)22-14-9-15-23(25(22)27-24)26(29)28-16-6-2-3-7-17-28/h4-5,8-12,14-15,20-21,24,27H,2-3,6-7,13,16-17H2,1H3. The molecule has 3 nitrogen and oxygen atoms in total. The predicted octanol–water partition coefficient (Wildman–Crippen LogP) is 5.84. The molecule has 0 saturated carbocycles. The Balaban J connectivity index is 1.56. The van der Waals surface area contributed by atoms with Gasteiger partial charge in [-0.25, -0.2) is 0 Å². The van der Waals surface area contributed by atoms with E-state index >= 15 is 0 Å². The fourth-order valence-corrected chi connectivity index (χ4v) is 5.49. The van der Waals surface area contributed by atoms with Crippen molar-refractivity contribution in [2.75, 3.05) is 18.4 Å². The molecule has 0 radical (unpaired) electrons. The van der Waals surface area contributed by atoms with Gasteiger partial charge in [-0.1, -0.05) is 61.4 Å². The normalized spacial score (nSPS) is 25.7. The molecule has 1 saturated heterocycles. The van der Waals surface area contributed by atoms with Crippen LogP contribution in [0.25, 0.3) is 0 Å². The van der Waals surface area contributed by atoms with Crippen LogP contribution < -0.4 is 5.32 Å². The Morgan fingerprint density at radius 1 is 0.966 bits per heavy atom. The number of aryl methyl sites for hydroxylation is 1. The van der Waals surface area contributed by atoms with Gasteiger partial charge in [0, 0.05) is 19.0 Å². The molecule has 2 aromatic carbocycles. The molecule has 150 valence electrons.